The number of nitrogens with zero attached hydrogens (tertiary/aromatic N) is 3. The van der Waals surface area contributed by atoms with E-state index in [1.54, 1.807) is 43.9 Å². The number of aliphatic hydroxyl groups is 3. The van der Waals surface area contributed by atoms with Crippen molar-refractivity contribution >= 4 is 39.0 Å². The number of ether oxygens (including phenoxy) is 3. The van der Waals surface area contributed by atoms with Crippen LogP contribution in [-0.4, -0.2) is 120 Å². The molecule has 7 N–H and O–H groups in total. The van der Waals surface area contributed by atoms with E-state index in [0.29, 0.717) is 54.9 Å². The molecule has 4 aliphatic rings. The lowest BCUT2D eigenvalue weighted by atomic mass is 9.44. The smallest absolute Gasteiger partial charge is 0.263 e. The molecule has 3 fully saturated rings. The monoisotopic (exact) mass is 925 g/mol. The molecule has 0 saturated heterocycles. The molecule has 8 atom stereocenters. The number of halogens is 1. The molecule has 0 spiro atoms. The zero-order valence-corrected chi connectivity index (χ0v) is 38.7. The van der Waals surface area contributed by atoms with Gasteiger partial charge in [-0.2, -0.15) is 4.98 Å². The molecule has 1 amide bonds. The van der Waals surface area contributed by atoms with Gasteiger partial charge in [-0.15, -0.1) is 0 Å². The molecule has 1 aromatic heterocycles. The van der Waals surface area contributed by atoms with Crippen LogP contribution in [0.3, 0.4) is 0 Å². The van der Waals surface area contributed by atoms with Crippen molar-refractivity contribution in [3.8, 4) is 23.1 Å². The first-order valence-corrected chi connectivity index (χ1v) is 22.7. The number of hydrogen-bond donors (Lipinski definition) is 6. The number of sulfonamides is 1. The molecule has 354 valence electrons. The quantitative estimate of drug-likeness (QED) is 0.143. The number of amides is 1. The van der Waals surface area contributed by atoms with Gasteiger partial charge in [0.15, 0.2) is 34.6 Å². The molecule has 2 aromatic carbocycles. The molecule has 0 bridgehead atoms. The Balaban J connectivity index is 0.000000191. The van der Waals surface area contributed by atoms with Gasteiger partial charge in [0.05, 0.1) is 32.3 Å². The lowest BCUT2D eigenvalue weighted by molar-refractivity contribution is -0.219. The van der Waals surface area contributed by atoms with E-state index in [0.717, 1.165) is 0 Å². The number of benzene rings is 2. The number of nitrogens with one attached hydrogen (secondary N) is 1. The molecule has 19 heteroatoms. The lowest BCUT2D eigenvalue weighted by Crippen LogP contribution is -2.69. The fraction of sp³-hybridized carbons (Fsp3) is 0.500. The van der Waals surface area contributed by atoms with E-state index in [1.165, 1.54) is 70.1 Å². The molecule has 17 nitrogen and oxygen atoms in total. The number of carbonyl (C=O) groups excluding carboxylic acids is 3. The Morgan fingerprint density at radius 3 is 2.26 bits per heavy atom. The molecule has 3 aromatic rings. The number of phenols is 1. The van der Waals surface area contributed by atoms with Gasteiger partial charge in [-0.1, -0.05) is 25.5 Å². The third-order valence-electron chi connectivity index (χ3n) is 13.9. The Labute approximate surface area is 378 Å². The number of ketones is 2. The minimum absolute atomic E-state index is 0.0128. The average molecular weight is 926 g/mol. The van der Waals surface area contributed by atoms with Crippen molar-refractivity contribution in [3.63, 3.8) is 0 Å². The third-order valence-corrected chi connectivity index (χ3v) is 15.2. The number of Topliss-reactive ketones (excluding diaryl/α,β-unsaturated/α-hetero) is 1. The Morgan fingerprint density at radius 2 is 1.68 bits per heavy atom. The fourth-order valence-corrected chi connectivity index (χ4v) is 11.4. The van der Waals surface area contributed by atoms with Crippen LogP contribution in [0.25, 0.3) is 0 Å². The molecule has 3 saturated carbocycles. The number of nitrogens with two attached hydrogens (primary N) is 1. The highest BCUT2D eigenvalue weighted by Gasteiger charge is 2.75. The standard InChI is InChI=1S/C22H29FO5.C12H14N4O4S.C12H17NO3/c1-12-8-16-15-5-4-13-9-14(25)6-7-19(13,2)21(15,23)17(26)10-20(16,3)22(12,28)18(27)11-24;1-19-10-11(14-7-15-12(10)20-2)16-21(17,18)9-5-3-8(13)4-6-9;1-4-13(5-2)12(15)9-6-7-10(14)11(8-9)16-3/h6-7,9,12,15-17,24,26,28H,4-5,8,10-11H2,1-3H3;3-7H,13H2,1-2H3,(H,14,15,16);6-8,14H,4-5H2,1-3H3/t12-,15-,16-,17-,19-,20-,21-,22-;;/m0../s1. The average Bonchev–Trinajstić information content (AvgIpc) is 3.48. The number of aliphatic hydroxyl groups excluding tert-OH is 2. The molecule has 1 heterocycles. The van der Waals surface area contributed by atoms with Crippen molar-refractivity contribution in [2.24, 2.45) is 28.6 Å². The second-order valence-electron chi connectivity index (χ2n) is 17.1. The van der Waals surface area contributed by atoms with Gasteiger partial charge in [0.1, 0.15) is 18.5 Å². The highest BCUT2D eigenvalue weighted by atomic mass is 32.2. The van der Waals surface area contributed by atoms with E-state index in [1.807, 2.05) is 13.8 Å². The highest BCUT2D eigenvalue weighted by molar-refractivity contribution is 7.92. The summed E-state index contributed by atoms with van der Waals surface area (Å²) in [5.74, 6) is -1.60. The van der Waals surface area contributed by atoms with Crippen LogP contribution in [-0.2, 0) is 19.6 Å². The number of hydrogen-bond acceptors (Lipinski definition) is 15. The number of aromatic nitrogens is 2. The molecule has 4 aliphatic carbocycles. The summed E-state index contributed by atoms with van der Waals surface area (Å²) < 4.78 is 58.7. The Bertz CT molecular complexity index is 2430. The number of anilines is 2. The van der Waals surface area contributed by atoms with E-state index in [9.17, 15) is 43.2 Å². The summed E-state index contributed by atoms with van der Waals surface area (Å²) >= 11 is 0. The van der Waals surface area contributed by atoms with Gasteiger partial charge in [0, 0.05) is 41.1 Å². The summed E-state index contributed by atoms with van der Waals surface area (Å²) in [4.78, 5) is 45.8. The number of phenolic OH excluding ortho intramolecular Hbond substituents is 1. The molecule has 0 aliphatic heterocycles. The number of alkyl halides is 1. The summed E-state index contributed by atoms with van der Waals surface area (Å²) in [6, 6.07) is 10.4. The van der Waals surface area contributed by atoms with E-state index in [4.69, 9.17) is 19.9 Å². The Kier molecular flexibility index (Phi) is 15.1. The minimum Gasteiger partial charge on any atom is -0.504 e. The highest BCUT2D eigenvalue weighted by Crippen LogP contribution is 2.70. The van der Waals surface area contributed by atoms with Crippen LogP contribution >= 0.6 is 0 Å². The van der Waals surface area contributed by atoms with Crippen LogP contribution in [0, 0.1) is 28.6 Å². The zero-order valence-electron chi connectivity index (χ0n) is 37.9. The summed E-state index contributed by atoms with van der Waals surface area (Å²) in [6.45, 7) is 9.67. The van der Waals surface area contributed by atoms with Crippen LogP contribution in [0.1, 0.15) is 70.7 Å². The molecule has 65 heavy (non-hydrogen) atoms. The summed E-state index contributed by atoms with van der Waals surface area (Å²) in [5.41, 5.74) is 1.36. The Hall–Kier alpha value is -5.63. The number of carbonyl (C=O) groups is 3. The zero-order chi connectivity index (χ0) is 48.3. The maximum atomic E-state index is 16.9. The van der Waals surface area contributed by atoms with Crippen molar-refractivity contribution in [2.45, 2.75) is 82.6 Å². The van der Waals surface area contributed by atoms with E-state index in [-0.39, 0.29) is 52.1 Å². The number of rotatable bonds is 11. The molecular weight excluding hydrogens is 866 g/mol. The summed E-state index contributed by atoms with van der Waals surface area (Å²) in [7, 11) is 0.395. The fourth-order valence-electron chi connectivity index (χ4n) is 10.4. The second kappa shape index (κ2) is 19.5. The van der Waals surface area contributed by atoms with Crippen LogP contribution in [0.4, 0.5) is 15.9 Å². The number of fused-ring (bicyclic) bond motifs is 5. The number of methoxy groups -OCH3 is 3. The summed E-state index contributed by atoms with van der Waals surface area (Å²) in [5, 5.41) is 41.4. The summed E-state index contributed by atoms with van der Waals surface area (Å²) in [6.07, 6.45) is 5.61. The van der Waals surface area contributed by atoms with Gasteiger partial charge < -0.3 is 45.3 Å². The van der Waals surface area contributed by atoms with Crippen LogP contribution in [0.5, 0.6) is 23.1 Å². The van der Waals surface area contributed by atoms with Gasteiger partial charge >= 0.3 is 0 Å². The lowest BCUT2D eigenvalue weighted by Gasteiger charge is -2.62. The van der Waals surface area contributed by atoms with Crippen molar-refractivity contribution in [1.82, 2.24) is 14.9 Å². The normalized spacial score (nSPS) is 28.6. The Morgan fingerprint density at radius 1 is 1.02 bits per heavy atom. The van der Waals surface area contributed by atoms with E-state index < -0.39 is 62.5 Å². The topological polar surface area (TPSA) is 261 Å². The van der Waals surface area contributed by atoms with Crippen molar-refractivity contribution in [3.05, 3.63) is 78.2 Å². The van der Waals surface area contributed by atoms with E-state index in [2.05, 4.69) is 14.7 Å². The molecule has 0 radical (unpaired) electrons. The van der Waals surface area contributed by atoms with E-state index >= 15 is 4.39 Å². The minimum atomic E-state index is -3.82. The van der Waals surface area contributed by atoms with Crippen molar-refractivity contribution < 1.29 is 61.8 Å². The molecular formula is C46H60FN5O12S. The third kappa shape index (κ3) is 8.90. The molecule has 0 unspecified atom stereocenters. The van der Waals surface area contributed by atoms with Gasteiger partial charge in [0.2, 0.25) is 5.75 Å². The molecule has 7 rings (SSSR count). The number of aromatic hydroxyl groups is 1. The van der Waals surface area contributed by atoms with Crippen LogP contribution in [0.15, 0.2) is 77.5 Å². The SMILES string of the molecule is CCN(CC)C(=O)c1ccc(O)c(OC)c1.COc1ncnc(NS(=O)(=O)c2ccc(N)cc2)c1OC.C[C@H]1C[C@H]2[C@@H]3CCC4=CC(=O)C=C[C@]4(C)[C@@]3(F)[C@@H](O)C[C@]2(C)[C@@]1(O)C(=O)CO. The van der Waals surface area contributed by atoms with Gasteiger partial charge in [-0.05, 0) is 113 Å². The first-order valence-electron chi connectivity index (χ1n) is 21.2. The predicted molar refractivity (Wildman–Crippen MR) is 239 cm³/mol. The van der Waals surface area contributed by atoms with Crippen molar-refractivity contribution in [2.75, 3.05) is 51.5 Å². The maximum absolute atomic E-state index is 16.9. The number of nitrogen functional groups attached to an aromatic ring is 1. The van der Waals surface area contributed by atoms with Crippen LogP contribution in [0.2, 0.25) is 0 Å². The second-order valence-corrected chi connectivity index (χ2v) is 18.7. The first kappa shape index (κ1) is 50.4. The van der Waals surface area contributed by atoms with Gasteiger partial charge in [-0.25, -0.2) is 17.8 Å². The largest absolute Gasteiger partial charge is 0.504 e. The van der Waals surface area contributed by atoms with Crippen molar-refractivity contribution in [1.29, 1.82) is 0 Å². The van der Waals surface area contributed by atoms with Crippen LogP contribution < -0.4 is 24.7 Å². The van der Waals surface area contributed by atoms with Gasteiger partial charge in [0.25, 0.3) is 21.8 Å². The predicted octanol–water partition coefficient (Wildman–Crippen LogP) is 4.66. The maximum Gasteiger partial charge on any atom is 0.263 e. The first-order chi connectivity index (χ1) is 30.6. The number of allylic oxidation sites excluding steroid dienone is 4. The van der Waals surface area contributed by atoms with Gasteiger partial charge in [-0.3, -0.25) is 19.1 Å².